The van der Waals surface area contributed by atoms with Gasteiger partial charge in [0.05, 0.1) is 4.90 Å². The Kier molecular flexibility index (Phi) is 7.66. The highest BCUT2D eigenvalue weighted by Gasteiger charge is 2.25. The van der Waals surface area contributed by atoms with E-state index in [0.717, 1.165) is 18.4 Å². The summed E-state index contributed by atoms with van der Waals surface area (Å²) < 4.78 is 26.7. The van der Waals surface area contributed by atoms with Gasteiger partial charge in [0.15, 0.2) is 0 Å². The first-order chi connectivity index (χ1) is 10.9. The van der Waals surface area contributed by atoms with Crippen molar-refractivity contribution in [2.45, 2.75) is 37.6 Å². The van der Waals surface area contributed by atoms with Gasteiger partial charge in [-0.15, -0.1) is 12.4 Å². The third-order valence-electron chi connectivity index (χ3n) is 4.27. The molecule has 136 valence electrons. The highest BCUT2D eigenvalue weighted by atomic mass is 35.5. The summed E-state index contributed by atoms with van der Waals surface area (Å²) in [6.07, 6.45) is 1.83. The van der Waals surface area contributed by atoms with E-state index in [1.807, 2.05) is 14.0 Å². The van der Waals surface area contributed by atoms with Gasteiger partial charge in [-0.05, 0) is 44.5 Å². The number of carbonyl (C=O) groups is 1. The molecule has 24 heavy (non-hydrogen) atoms. The fourth-order valence-corrected chi connectivity index (χ4v) is 3.88. The van der Waals surface area contributed by atoms with E-state index in [9.17, 15) is 13.2 Å². The second kappa shape index (κ2) is 8.80. The van der Waals surface area contributed by atoms with Gasteiger partial charge in [-0.3, -0.25) is 4.79 Å². The molecule has 1 heterocycles. The molecule has 8 heteroatoms. The molecule has 2 rings (SSSR count). The molecule has 0 radical (unpaired) electrons. The zero-order valence-corrected chi connectivity index (χ0v) is 16.0. The molecule has 6 nitrogen and oxygen atoms in total. The van der Waals surface area contributed by atoms with Crippen molar-refractivity contribution in [3.63, 3.8) is 0 Å². The van der Waals surface area contributed by atoms with E-state index in [4.69, 9.17) is 0 Å². The molecule has 1 aliphatic rings. The number of aryl methyl sites for hydroxylation is 1. The number of benzene rings is 1. The van der Waals surface area contributed by atoms with Crippen LogP contribution in [0.5, 0.6) is 0 Å². The number of rotatable bonds is 5. The lowest BCUT2D eigenvalue weighted by Gasteiger charge is -2.32. The molecule has 1 amide bonds. The summed E-state index contributed by atoms with van der Waals surface area (Å²) in [6.45, 7) is 5.25. The molecule has 0 saturated carbocycles. The fourth-order valence-electron chi connectivity index (χ4n) is 2.81. The molecular weight excluding hydrogens is 350 g/mol. The fraction of sp³-hybridized carbons (Fsp3) is 0.562. The van der Waals surface area contributed by atoms with Crippen LogP contribution >= 0.6 is 12.4 Å². The number of piperidine rings is 1. The predicted octanol–water partition coefficient (Wildman–Crippen LogP) is 1.54. The van der Waals surface area contributed by atoms with E-state index in [1.54, 1.807) is 17.9 Å². The summed E-state index contributed by atoms with van der Waals surface area (Å²) in [5.41, 5.74) is 1.26. The number of hydrogen-bond donors (Lipinski definition) is 2. The topological polar surface area (TPSA) is 78.5 Å². The van der Waals surface area contributed by atoms with Gasteiger partial charge in [0, 0.05) is 31.2 Å². The average Bonchev–Trinajstić information content (AvgIpc) is 2.54. The van der Waals surface area contributed by atoms with Gasteiger partial charge in [-0.25, -0.2) is 13.1 Å². The lowest BCUT2D eigenvalue weighted by atomic mass is 10.0. The molecule has 0 bridgehead atoms. The van der Waals surface area contributed by atoms with Gasteiger partial charge in [0.25, 0.3) is 5.91 Å². The summed E-state index contributed by atoms with van der Waals surface area (Å²) in [4.78, 5) is 14.7. The largest absolute Gasteiger partial charge is 0.339 e. The maximum Gasteiger partial charge on any atom is 0.254 e. The number of amides is 1. The van der Waals surface area contributed by atoms with Crippen molar-refractivity contribution >= 4 is 28.3 Å². The zero-order valence-electron chi connectivity index (χ0n) is 14.3. The van der Waals surface area contributed by atoms with Gasteiger partial charge < -0.3 is 10.2 Å². The standard InChI is InChI=1S/C16H25N3O3S.ClH/c1-4-18-23(21,22)14-6-5-12(2)15(11-14)16(20)19-9-7-13(17-3)8-10-19;/h5-6,11,13,17-18H,4,7-10H2,1-3H3;1H. The summed E-state index contributed by atoms with van der Waals surface area (Å²) in [6, 6.07) is 5.16. The monoisotopic (exact) mass is 375 g/mol. The van der Waals surface area contributed by atoms with Crippen molar-refractivity contribution in [2.24, 2.45) is 0 Å². The van der Waals surface area contributed by atoms with E-state index < -0.39 is 10.0 Å². The second-order valence-corrected chi connectivity index (χ2v) is 7.60. The predicted molar refractivity (Wildman–Crippen MR) is 97.3 cm³/mol. The summed E-state index contributed by atoms with van der Waals surface area (Å²) >= 11 is 0. The van der Waals surface area contributed by atoms with Gasteiger partial charge in [0.1, 0.15) is 0 Å². The number of nitrogens with zero attached hydrogens (tertiary/aromatic N) is 1. The lowest BCUT2D eigenvalue weighted by molar-refractivity contribution is 0.0706. The Morgan fingerprint density at radius 1 is 1.29 bits per heavy atom. The zero-order chi connectivity index (χ0) is 17.0. The lowest BCUT2D eigenvalue weighted by Crippen LogP contribution is -2.44. The minimum atomic E-state index is -3.56. The van der Waals surface area contributed by atoms with Crippen molar-refractivity contribution in [2.75, 3.05) is 26.7 Å². The Hall–Kier alpha value is -1.15. The third-order valence-corrected chi connectivity index (χ3v) is 5.82. The summed E-state index contributed by atoms with van der Waals surface area (Å²) in [5, 5.41) is 3.23. The van der Waals surface area contributed by atoms with Crippen LogP contribution in [0.3, 0.4) is 0 Å². The molecule has 0 aromatic heterocycles. The maximum absolute atomic E-state index is 12.7. The number of halogens is 1. The Balaban J connectivity index is 0.00000288. The van der Waals surface area contributed by atoms with Crippen LogP contribution in [0.2, 0.25) is 0 Å². The first-order valence-electron chi connectivity index (χ1n) is 7.96. The van der Waals surface area contributed by atoms with E-state index in [0.29, 0.717) is 31.2 Å². The quantitative estimate of drug-likeness (QED) is 0.818. The summed E-state index contributed by atoms with van der Waals surface area (Å²) in [5.74, 6) is -0.0920. The first kappa shape index (κ1) is 20.9. The van der Waals surface area contributed by atoms with Crippen LogP contribution in [0, 0.1) is 6.92 Å². The van der Waals surface area contributed by atoms with Gasteiger partial charge >= 0.3 is 0 Å². The van der Waals surface area contributed by atoms with Crippen molar-refractivity contribution < 1.29 is 13.2 Å². The van der Waals surface area contributed by atoms with E-state index in [-0.39, 0.29) is 23.2 Å². The van der Waals surface area contributed by atoms with Crippen LogP contribution in [0.1, 0.15) is 35.7 Å². The van der Waals surface area contributed by atoms with Crippen LogP contribution in [0.25, 0.3) is 0 Å². The number of sulfonamides is 1. The smallest absolute Gasteiger partial charge is 0.254 e. The molecule has 0 spiro atoms. The van der Waals surface area contributed by atoms with Gasteiger partial charge in [0.2, 0.25) is 10.0 Å². The van der Waals surface area contributed by atoms with Crippen LogP contribution < -0.4 is 10.0 Å². The number of likely N-dealkylation sites (tertiary alicyclic amines) is 1. The van der Waals surface area contributed by atoms with Crippen LogP contribution in [-0.4, -0.2) is 51.9 Å². The van der Waals surface area contributed by atoms with Crippen LogP contribution in [0.4, 0.5) is 0 Å². The third kappa shape index (κ3) is 4.69. The Morgan fingerprint density at radius 2 is 1.92 bits per heavy atom. The normalized spacial score (nSPS) is 15.9. The highest BCUT2D eigenvalue weighted by Crippen LogP contribution is 2.20. The van der Waals surface area contributed by atoms with Gasteiger partial charge in [-0.1, -0.05) is 13.0 Å². The van der Waals surface area contributed by atoms with Crippen molar-refractivity contribution in [1.82, 2.24) is 14.9 Å². The molecule has 0 unspecified atom stereocenters. The number of nitrogens with one attached hydrogen (secondary N) is 2. The first-order valence-corrected chi connectivity index (χ1v) is 9.44. The van der Waals surface area contributed by atoms with Crippen molar-refractivity contribution in [1.29, 1.82) is 0 Å². The van der Waals surface area contributed by atoms with Gasteiger partial charge in [-0.2, -0.15) is 0 Å². The maximum atomic E-state index is 12.7. The molecule has 1 aliphatic heterocycles. The summed E-state index contributed by atoms with van der Waals surface area (Å²) in [7, 11) is -1.63. The molecule has 0 atom stereocenters. The molecule has 0 aliphatic carbocycles. The highest BCUT2D eigenvalue weighted by molar-refractivity contribution is 7.89. The minimum Gasteiger partial charge on any atom is -0.339 e. The molecule has 1 saturated heterocycles. The van der Waals surface area contributed by atoms with Crippen LogP contribution in [-0.2, 0) is 10.0 Å². The van der Waals surface area contributed by atoms with Crippen molar-refractivity contribution in [3.8, 4) is 0 Å². The molecule has 1 aromatic carbocycles. The van der Waals surface area contributed by atoms with E-state index >= 15 is 0 Å². The Morgan fingerprint density at radius 3 is 2.46 bits per heavy atom. The van der Waals surface area contributed by atoms with Crippen LogP contribution in [0.15, 0.2) is 23.1 Å². The Bertz CT molecular complexity index is 671. The number of hydrogen-bond acceptors (Lipinski definition) is 4. The Labute approximate surface area is 150 Å². The molecular formula is C16H26ClN3O3S. The minimum absolute atomic E-state index is 0. The number of carbonyl (C=O) groups excluding carboxylic acids is 1. The molecule has 2 N–H and O–H groups in total. The molecule has 1 aromatic rings. The van der Waals surface area contributed by atoms with E-state index in [1.165, 1.54) is 12.1 Å². The SMILES string of the molecule is CCNS(=O)(=O)c1ccc(C)c(C(=O)N2CCC(NC)CC2)c1.Cl. The van der Waals surface area contributed by atoms with E-state index in [2.05, 4.69) is 10.0 Å². The second-order valence-electron chi connectivity index (χ2n) is 5.83. The average molecular weight is 376 g/mol. The molecule has 1 fully saturated rings. The van der Waals surface area contributed by atoms with Crippen molar-refractivity contribution in [3.05, 3.63) is 29.3 Å².